The minimum absolute atomic E-state index is 0.250. The van der Waals surface area contributed by atoms with Crippen molar-refractivity contribution in [1.82, 2.24) is 4.90 Å². The Kier molecular flexibility index (Phi) is 3.97. The van der Waals surface area contributed by atoms with Crippen molar-refractivity contribution < 1.29 is 5.11 Å². The van der Waals surface area contributed by atoms with Crippen LogP contribution in [0.5, 0.6) is 0 Å². The summed E-state index contributed by atoms with van der Waals surface area (Å²) in [4.78, 5) is 2.04. The highest BCUT2D eigenvalue weighted by molar-refractivity contribution is 7.80. The fourth-order valence-corrected chi connectivity index (χ4v) is 2.32. The molecule has 0 unspecified atom stereocenters. The molecule has 0 amide bonds. The summed E-state index contributed by atoms with van der Waals surface area (Å²) in [5.74, 6) is 0. The molecule has 1 aromatic carbocycles. The highest BCUT2D eigenvalue weighted by atomic mass is 32.1. The Bertz CT molecular complexity index is 408. The summed E-state index contributed by atoms with van der Waals surface area (Å²) >= 11 is 5.37. The van der Waals surface area contributed by atoms with E-state index >= 15 is 0 Å². The molecule has 17 heavy (non-hydrogen) atoms. The quantitative estimate of drug-likeness (QED) is 0.749. The van der Waals surface area contributed by atoms with Gasteiger partial charge in [-0.3, -0.25) is 0 Å². The average molecular weight is 250 g/mol. The molecule has 0 radical (unpaired) electrons. The van der Waals surface area contributed by atoms with Crippen LogP contribution in [0.3, 0.4) is 0 Å². The summed E-state index contributed by atoms with van der Waals surface area (Å²) in [7, 11) is 0. The van der Waals surface area contributed by atoms with E-state index in [4.69, 9.17) is 12.2 Å². The number of anilines is 1. The first kappa shape index (κ1) is 12.3. The number of aryl methyl sites for hydroxylation is 1. The summed E-state index contributed by atoms with van der Waals surface area (Å²) in [5, 5.41) is 13.6. The van der Waals surface area contributed by atoms with Crippen molar-refractivity contribution in [3.05, 3.63) is 29.8 Å². The Morgan fingerprint density at radius 1 is 1.47 bits per heavy atom. The number of β-amino-alcohol motifs (C(OH)–C–C–N with tert-alkyl or cyclic N) is 1. The first-order chi connectivity index (χ1) is 8.16. The van der Waals surface area contributed by atoms with Crippen LogP contribution in [0, 0.1) is 6.92 Å². The van der Waals surface area contributed by atoms with Gasteiger partial charge in [0.05, 0.1) is 6.10 Å². The first-order valence-corrected chi connectivity index (χ1v) is 6.37. The molecule has 1 heterocycles. The second-order valence-electron chi connectivity index (χ2n) is 4.49. The van der Waals surface area contributed by atoms with Gasteiger partial charge in [-0.05, 0) is 43.6 Å². The molecule has 0 spiro atoms. The van der Waals surface area contributed by atoms with Crippen LogP contribution in [-0.2, 0) is 0 Å². The Hall–Kier alpha value is -1.13. The molecule has 1 saturated heterocycles. The van der Waals surface area contributed by atoms with E-state index in [1.807, 2.05) is 23.1 Å². The predicted molar refractivity (Wildman–Crippen MR) is 74.2 cm³/mol. The Morgan fingerprint density at radius 2 is 2.24 bits per heavy atom. The summed E-state index contributed by atoms with van der Waals surface area (Å²) in [5.41, 5.74) is 2.21. The molecular formula is C13H18N2OS. The zero-order valence-corrected chi connectivity index (χ0v) is 10.8. The molecule has 0 bridgehead atoms. The summed E-state index contributed by atoms with van der Waals surface area (Å²) in [6.45, 7) is 3.61. The largest absolute Gasteiger partial charge is 0.391 e. The third-order valence-corrected chi connectivity index (χ3v) is 3.43. The third-order valence-electron chi connectivity index (χ3n) is 3.07. The average Bonchev–Trinajstić information content (AvgIpc) is 2.32. The van der Waals surface area contributed by atoms with E-state index in [1.54, 1.807) is 0 Å². The van der Waals surface area contributed by atoms with E-state index in [1.165, 1.54) is 5.56 Å². The molecule has 1 atom stereocenters. The maximum absolute atomic E-state index is 9.62. The van der Waals surface area contributed by atoms with Crippen molar-refractivity contribution in [2.45, 2.75) is 25.9 Å². The van der Waals surface area contributed by atoms with Gasteiger partial charge in [-0.2, -0.15) is 0 Å². The molecule has 1 aliphatic heterocycles. The predicted octanol–water partition coefficient (Wildman–Crippen LogP) is 2.15. The van der Waals surface area contributed by atoms with Crippen LogP contribution in [0.2, 0.25) is 0 Å². The van der Waals surface area contributed by atoms with Gasteiger partial charge in [0.2, 0.25) is 0 Å². The number of aliphatic hydroxyl groups is 1. The molecule has 3 nitrogen and oxygen atoms in total. The van der Waals surface area contributed by atoms with E-state index in [0.29, 0.717) is 11.7 Å². The topological polar surface area (TPSA) is 35.5 Å². The molecule has 1 aliphatic rings. The maximum atomic E-state index is 9.62. The lowest BCUT2D eigenvalue weighted by Crippen LogP contribution is -2.44. The smallest absolute Gasteiger partial charge is 0.173 e. The van der Waals surface area contributed by atoms with Crippen molar-refractivity contribution in [2.24, 2.45) is 0 Å². The van der Waals surface area contributed by atoms with Gasteiger partial charge in [-0.15, -0.1) is 0 Å². The number of thiocarbonyl (C=S) groups is 1. The molecule has 1 fully saturated rings. The van der Waals surface area contributed by atoms with Crippen molar-refractivity contribution in [2.75, 3.05) is 18.4 Å². The number of benzene rings is 1. The number of hydrogen-bond acceptors (Lipinski definition) is 2. The van der Waals surface area contributed by atoms with Crippen LogP contribution in [0.1, 0.15) is 18.4 Å². The molecule has 2 rings (SSSR count). The van der Waals surface area contributed by atoms with Gasteiger partial charge in [0.1, 0.15) is 0 Å². The van der Waals surface area contributed by atoms with Gasteiger partial charge in [0.15, 0.2) is 5.11 Å². The number of nitrogens with one attached hydrogen (secondary N) is 1. The van der Waals surface area contributed by atoms with E-state index in [9.17, 15) is 5.11 Å². The lowest BCUT2D eigenvalue weighted by atomic mass is 10.1. The SMILES string of the molecule is Cc1ccccc1NC(=S)N1CCC[C@@H](O)C1. The molecular weight excluding hydrogens is 232 g/mol. The molecule has 0 aliphatic carbocycles. The number of hydrogen-bond donors (Lipinski definition) is 2. The van der Waals surface area contributed by atoms with E-state index in [2.05, 4.69) is 18.3 Å². The van der Waals surface area contributed by atoms with Crippen molar-refractivity contribution in [3.8, 4) is 0 Å². The monoisotopic (exact) mass is 250 g/mol. The summed E-state index contributed by atoms with van der Waals surface area (Å²) in [6, 6.07) is 8.06. The number of rotatable bonds is 1. The fourth-order valence-electron chi connectivity index (χ4n) is 2.05. The number of aliphatic hydroxyl groups excluding tert-OH is 1. The highest BCUT2D eigenvalue weighted by Gasteiger charge is 2.19. The number of piperidine rings is 1. The fraction of sp³-hybridized carbons (Fsp3) is 0.462. The van der Waals surface area contributed by atoms with Crippen LogP contribution in [0.15, 0.2) is 24.3 Å². The van der Waals surface area contributed by atoms with Crippen LogP contribution < -0.4 is 5.32 Å². The third kappa shape index (κ3) is 3.17. The van der Waals surface area contributed by atoms with Gasteiger partial charge in [-0.1, -0.05) is 18.2 Å². The Labute approximate surface area is 107 Å². The van der Waals surface area contributed by atoms with Crippen molar-refractivity contribution in [1.29, 1.82) is 0 Å². The van der Waals surface area contributed by atoms with Gasteiger partial charge in [0, 0.05) is 18.8 Å². The van der Waals surface area contributed by atoms with Crippen LogP contribution >= 0.6 is 12.2 Å². The molecule has 0 saturated carbocycles. The van der Waals surface area contributed by atoms with Gasteiger partial charge in [0.25, 0.3) is 0 Å². The second kappa shape index (κ2) is 5.47. The normalized spacial score (nSPS) is 20.1. The minimum atomic E-state index is -0.250. The standard InChI is InChI=1S/C13H18N2OS/c1-10-5-2-3-7-12(10)14-13(17)15-8-4-6-11(16)9-15/h2-3,5,7,11,16H,4,6,8-9H2,1H3,(H,14,17)/t11-/m1/s1. The van der Waals surface area contributed by atoms with E-state index in [-0.39, 0.29) is 6.10 Å². The van der Waals surface area contributed by atoms with Crippen LogP contribution in [-0.4, -0.2) is 34.3 Å². The molecule has 1 aromatic rings. The van der Waals surface area contributed by atoms with E-state index < -0.39 is 0 Å². The Balaban J connectivity index is 1.99. The maximum Gasteiger partial charge on any atom is 0.173 e. The van der Waals surface area contributed by atoms with Crippen LogP contribution in [0.4, 0.5) is 5.69 Å². The Morgan fingerprint density at radius 3 is 2.94 bits per heavy atom. The summed E-state index contributed by atoms with van der Waals surface area (Å²) < 4.78 is 0. The molecule has 4 heteroatoms. The van der Waals surface area contributed by atoms with Gasteiger partial charge >= 0.3 is 0 Å². The number of para-hydroxylation sites is 1. The first-order valence-electron chi connectivity index (χ1n) is 5.96. The zero-order chi connectivity index (χ0) is 12.3. The number of nitrogens with zero attached hydrogens (tertiary/aromatic N) is 1. The van der Waals surface area contributed by atoms with Crippen molar-refractivity contribution in [3.63, 3.8) is 0 Å². The molecule has 92 valence electrons. The second-order valence-corrected chi connectivity index (χ2v) is 4.87. The number of likely N-dealkylation sites (tertiary alicyclic amines) is 1. The van der Waals surface area contributed by atoms with Crippen molar-refractivity contribution >= 4 is 23.0 Å². The van der Waals surface area contributed by atoms with E-state index in [0.717, 1.165) is 25.1 Å². The molecule has 0 aromatic heterocycles. The van der Waals surface area contributed by atoms with Crippen LogP contribution in [0.25, 0.3) is 0 Å². The minimum Gasteiger partial charge on any atom is -0.391 e. The lowest BCUT2D eigenvalue weighted by Gasteiger charge is -2.32. The summed E-state index contributed by atoms with van der Waals surface area (Å²) in [6.07, 6.45) is 1.63. The highest BCUT2D eigenvalue weighted by Crippen LogP contribution is 2.16. The van der Waals surface area contributed by atoms with Gasteiger partial charge in [-0.25, -0.2) is 0 Å². The lowest BCUT2D eigenvalue weighted by molar-refractivity contribution is 0.104. The zero-order valence-electron chi connectivity index (χ0n) is 10.0. The van der Waals surface area contributed by atoms with Gasteiger partial charge < -0.3 is 15.3 Å². The molecule has 2 N–H and O–H groups in total.